The van der Waals surface area contributed by atoms with E-state index in [-0.39, 0.29) is 18.5 Å². The third-order valence-electron chi connectivity index (χ3n) is 4.34. The zero-order valence-electron chi connectivity index (χ0n) is 14.1. The summed E-state index contributed by atoms with van der Waals surface area (Å²) in [5.41, 5.74) is 0.263. The third-order valence-corrected chi connectivity index (χ3v) is 4.34. The Morgan fingerprint density at radius 2 is 2.00 bits per heavy atom. The lowest BCUT2D eigenvalue weighted by atomic mass is 10.2. The first kappa shape index (κ1) is 16.2. The molecule has 0 atom stereocenters. The van der Waals surface area contributed by atoms with E-state index in [0.29, 0.717) is 35.8 Å². The summed E-state index contributed by atoms with van der Waals surface area (Å²) in [6.45, 7) is 1.35. The summed E-state index contributed by atoms with van der Waals surface area (Å²) in [6, 6.07) is 5.25. The molecule has 26 heavy (non-hydrogen) atoms. The normalized spacial score (nSPS) is 13.7. The Kier molecular flexibility index (Phi) is 3.90. The van der Waals surface area contributed by atoms with Crippen LogP contribution < -0.4 is 10.4 Å². The minimum absolute atomic E-state index is 0.0566. The molecule has 1 aliphatic rings. The van der Waals surface area contributed by atoms with Crippen molar-refractivity contribution >= 4 is 17.2 Å². The summed E-state index contributed by atoms with van der Waals surface area (Å²) in [6.07, 6.45) is 2.39. The molecule has 0 saturated carbocycles. The number of imidazole rings is 1. The molecule has 8 nitrogen and oxygen atoms in total. The van der Waals surface area contributed by atoms with Crippen LogP contribution >= 0.6 is 0 Å². The third kappa shape index (κ3) is 2.71. The van der Waals surface area contributed by atoms with Crippen molar-refractivity contribution in [3.8, 4) is 5.75 Å². The van der Waals surface area contributed by atoms with E-state index in [0.717, 1.165) is 11.0 Å². The lowest BCUT2D eigenvalue weighted by Crippen LogP contribution is -2.47. The zero-order valence-corrected chi connectivity index (χ0v) is 14.1. The molecule has 4 rings (SSSR count). The minimum Gasteiger partial charge on any atom is -0.486 e. The number of aromatic nitrogens is 4. The number of benzene rings is 1. The van der Waals surface area contributed by atoms with Crippen LogP contribution in [-0.2, 0) is 13.7 Å². The van der Waals surface area contributed by atoms with Gasteiger partial charge in [0.25, 0.3) is 0 Å². The predicted molar refractivity (Wildman–Crippen MR) is 90.5 cm³/mol. The monoisotopic (exact) mass is 357 g/mol. The molecule has 0 spiro atoms. The van der Waals surface area contributed by atoms with Crippen molar-refractivity contribution < 1.29 is 13.9 Å². The second-order valence-corrected chi connectivity index (χ2v) is 6.04. The van der Waals surface area contributed by atoms with E-state index in [9.17, 15) is 14.0 Å². The first-order valence-electron chi connectivity index (χ1n) is 8.15. The number of likely N-dealkylation sites (tertiary alicyclic amines) is 1. The number of halogens is 1. The molecule has 1 saturated heterocycles. The number of rotatable bonds is 3. The number of fused-ring (bicyclic) bond motifs is 1. The maximum atomic E-state index is 12.9. The number of carbonyl (C=O) groups excluding carboxylic acids is 1. The molecule has 0 N–H and O–H groups in total. The van der Waals surface area contributed by atoms with Gasteiger partial charge in [-0.2, -0.15) is 0 Å². The summed E-state index contributed by atoms with van der Waals surface area (Å²) in [5.74, 6) is 0.485. The van der Waals surface area contributed by atoms with Crippen molar-refractivity contribution in [3.05, 3.63) is 52.6 Å². The quantitative estimate of drug-likeness (QED) is 0.710. The molecule has 9 heteroatoms. The second-order valence-electron chi connectivity index (χ2n) is 6.04. The number of aryl methyl sites for hydroxylation is 1. The highest BCUT2D eigenvalue weighted by atomic mass is 19.1. The van der Waals surface area contributed by atoms with Gasteiger partial charge >= 0.3 is 11.7 Å². The average molecular weight is 357 g/mol. The Hall–Kier alpha value is -3.23. The predicted octanol–water partition coefficient (Wildman–Crippen LogP) is 1.52. The summed E-state index contributed by atoms with van der Waals surface area (Å²) < 4.78 is 20.9. The fraction of sp³-hybridized carbons (Fsp3) is 0.294. The molecule has 0 unspecified atom stereocenters. The molecule has 3 heterocycles. The van der Waals surface area contributed by atoms with Gasteiger partial charge in [0.15, 0.2) is 11.5 Å². The van der Waals surface area contributed by atoms with Gasteiger partial charge in [0.2, 0.25) is 0 Å². The lowest BCUT2D eigenvalue weighted by Gasteiger charge is -2.30. The average Bonchev–Trinajstić information content (AvgIpc) is 2.84. The lowest BCUT2D eigenvalue weighted by molar-refractivity contribution is 0.169. The van der Waals surface area contributed by atoms with E-state index in [2.05, 4.69) is 9.97 Å². The zero-order chi connectivity index (χ0) is 18.3. The van der Waals surface area contributed by atoms with E-state index < -0.39 is 5.69 Å². The molecule has 0 bridgehead atoms. The fourth-order valence-corrected chi connectivity index (χ4v) is 2.73. The second kappa shape index (κ2) is 6.25. The van der Waals surface area contributed by atoms with E-state index in [1.165, 1.54) is 35.0 Å². The Labute approximate surface area is 147 Å². The first-order chi connectivity index (χ1) is 12.5. The van der Waals surface area contributed by atoms with E-state index in [4.69, 9.17) is 4.74 Å². The molecule has 2 aromatic heterocycles. The van der Waals surface area contributed by atoms with Gasteiger partial charge in [-0.15, -0.1) is 0 Å². The maximum absolute atomic E-state index is 12.9. The Balaban J connectivity index is 1.63. The van der Waals surface area contributed by atoms with Crippen molar-refractivity contribution in [1.29, 1.82) is 0 Å². The molecule has 1 amide bonds. The van der Waals surface area contributed by atoms with Gasteiger partial charge in [0, 0.05) is 20.1 Å². The molecule has 0 radical (unpaired) electrons. The van der Waals surface area contributed by atoms with Crippen molar-refractivity contribution in [1.82, 2.24) is 24.0 Å². The van der Waals surface area contributed by atoms with Crippen molar-refractivity contribution in [2.24, 2.45) is 7.05 Å². The number of carbonyl (C=O) groups is 1. The molecular formula is C17H16FN5O3. The number of hydrogen-bond donors (Lipinski definition) is 0. The molecule has 3 aromatic rings. The largest absolute Gasteiger partial charge is 0.486 e. The van der Waals surface area contributed by atoms with Crippen LogP contribution in [0, 0.1) is 5.82 Å². The van der Waals surface area contributed by atoms with Crippen LogP contribution in [0.1, 0.15) is 12.2 Å². The molecule has 1 aromatic carbocycles. The van der Waals surface area contributed by atoms with Crippen molar-refractivity contribution in [2.45, 2.75) is 13.0 Å². The maximum Gasteiger partial charge on any atom is 0.338 e. The van der Waals surface area contributed by atoms with Crippen molar-refractivity contribution in [2.75, 3.05) is 13.1 Å². The van der Waals surface area contributed by atoms with Crippen molar-refractivity contribution in [3.63, 3.8) is 0 Å². The van der Waals surface area contributed by atoms with Gasteiger partial charge in [0.1, 0.15) is 23.7 Å². The van der Waals surface area contributed by atoms with Gasteiger partial charge in [-0.1, -0.05) is 0 Å². The number of nitrogens with zero attached hydrogens (tertiary/aromatic N) is 5. The number of amides is 1. The minimum atomic E-state index is -0.456. The van der Waals surface area contributed by atoms with Crippen LogP contribution in [0.4, 0.5) is 9.18 Å². The highest BCUT2D eigenvalue weighted by Crippen LogP contribution is 2.15. The van der Waals surface area contributed by atoms with Gasteiger partial charge in [-0.25, -0.2) is 28.5 Å². The van der Waals surface area contributed by atoms with Crippen LogP contribution in [0.2, 0.25) is 0 Å². The van der Waals surface area contributed by atoms with E-state index >= 15 is 0 Å². The first-order valence-corrected chi connectivity index (χ1v) is 8.15. The van der Waals surface area contributed by atoms with Crippen LogP contribution in [0.15, 0.2) is 35.3 Å². The van der Waals surface area contributed by atoms with Gasteiger partial charge in [-0.05, 0) is 30.7 Å². The summed E-state index contributed by atoms with van der Waals surface area (Å²) >= 11 is 0. The Morgan fingerprint density at radius 3 is 2.65 bits per heavy atom. The van der Waals surface area contributed by atoms with Crippen LogP contribution in [0.3, 0.4) is 0 Å². The standard InChI is InChI=1S/C17H16FN5O3/c1-21-15-13(23(16(21)24)17(25)22-7-2-8-22)9-19-14(20-15)10-26-12-5-3-11(18)4-6-12/h3-6,9H,2,7-8,10H2,1H3. The molecule has 0 aliphatic carbocycles. The Morgan fingerprint density at radius 1 is 1.27 bits per heavy atom. The fourth-order valence-electron chi connectivity index (χ4n) is 2.73. The van der Waals surface area contributed by atoms with Gasteiger partial charge < -0.3 is 9.64 Å². The molecular weight excluding hydrogens is 341 g/mol. The van der Waals surface area contributed by atoms with Crippen LogP contribution in [-0.4, -0.2) is 43.1 Å². The van der Waals surface area contributed by atoms with E-state index in [1.54, 1.807) is 11.9 Å². The Bertz CT molecular complexity index is 1040. The summed E-state index contributed by atoms with van der Waals surface area (Å²) in [7, 11) is 1.56. The molecule has 134 valence electrons. The highest BCUT2D eigenvalue weighted by molar-refractivity contribution is 5.87. The number of ether oxygens (including phenoxy) is 1. The van der Waals surface area contributed by atoms with Crippen LogP contribution in [0.25, 0.3) is 11.2 Å². The molecule has 1 fully saturated rings. The summed E-state index contributed by atoms with van der Waals surface area (Å²) in [4.78, 5) is 35.0. The smallest absolute Gasteiger partial charge is 0.338 e. The number of hydrogen-bond acceptors (Lipinski definition) is 5. The molecule has 1 aliphatic heterocycles. The SMILES string of the molecule is Cn1c(=O)n(C(=O)N2CCC2)c2cnc(COc3ccc(F)cc3)nc21. The van der Waals surface area contributed by atoms with Gasteiger partial charge in [-0.3, -0.25) is 4.57 Å². The topological polar surface area (TPSA) is 82.2 Å². The van der Waals surface area contributed by atoms with E-state index in [1.807, 2.05) is 0 Å². The highest BCUT2D eigenvalue weighted by Gasteiger charge is 2.26. The van der Waals surface area contributed by atoms with Crippen LogP contribution in [0.5, 0.6) is 5.75 Å². The van der Waals surface area contributed by atoms with Gasteiger partial charge in [0.05, 0.1) is 6.20 Å². The summed E-state index contributed by atoms with van der Waals surface area (Å²) in [5, 5.41) is 0.